The predicted molar refractivity (Wildman–Crippen MR) is 46.5 cm³/mol. The van der Waals surface area contributed by atoms with Crippen LogP contribution in [0.25, 0.3) is 0 Å². The van der Waals surface area contributed by atoms with E-state index in [1.807, 2.05) is 6.07 Å². The van der Waals surface area contributed by atoms with Crippen LogP contribution in [-0.4, -0.2) is 18.8 Å². The summed E-state index contributed by atoms with van der Waals surface area (Å²) in [6.45, 7) is 0. The Bertz CT molecular complexity index is 338. The minimum absolute atomic E-state index is 0. The van der Waals surface area contributed by atoms with Gasteiger partial charge in [-0.15, -0.1) is 0 Å². The Morgan fingerprint density at radius 2 is 1.77 bits per heavy atom. The first kappa shape index (κ1) is 12.9. The first-order valence-corrected chi connectivity index (χ1v) is 4.93. The number of anilines is 1. The molecule has 1 aromatic carbocycles. The summed E-state index contributed by atoms with van der Waals surface area (Å²) in [7, 11) is -3.93. The molecule has 6 heteroatoms. The van der Waals surface area contributed by atoms with Gasteiger partial charge in [-0.3, -0.25) is 4.55 Å². The summed E-state index contributed by atoms with van der Waals surface area (Å²) in [6.07, 6.45) is 0. The van der Waals surface area contributed by atoms with Crippen LogP contribution in [0, 0.1) is 0 Å². The average molecular weight is 210 g/mol. The second-order valence-corrected chi connectivity index (χ2v) is 3.72. The summed E-state index contributed by atoms with van der Waals surface area (Å²) in [5.41, 5.74) is 0.662. The molecule has 2 N–H and O–H groups in total. The molecule has 0 unspecified atom stereocenters. The third-order valence-corrected chi connectivity index (χ3v) is 1.74. The van der Waals surface area contributed by atoms with E-state index in [1.165, 1.54) is 0 Å². The van der Waals surface area contributed by atoms with Crippen molar-refractivity contribution in [2.24, 2.45) is 0 Å². The molecular formula is C7H9NNaO3S+. The minimum Gasteiger partial charge on any atom is -0.370 e. The number of nitrogens with one attached hydrogen (secondary N) is 1. The summed E-state index contributed by atoms with van der Waals surface area (Å²) in [6, 6.07) is 8.79. The maximum Gasteiger partial charge on any atom is 1.00 e. The van der Waals surface area contributed by atoms with E-state index in [9.17, 15) is 8.42 Å². The third-order valence-electron chi connectivity index (χ3n) is 1.23. The van der Waals surface area contributed by atoms with E-state index in [1.54, 1.807) is 24.3 Å². The van der Waals surface area contributed by atoms with Crippen molar-refractivity contribution in [3.05, 3.63) is 30.3 Å². The SMILES string of the molecule is O=S(=O)(O)CNc1ccccc1.[Na+]. The molecule has 0 aromatic heterocycles. The van der Waals surface area contributed by atoms with Crippen molar-refractivity contribution in [1.82, 2.24) is 0 Å². The molecule has 0 bridgehead atoms. The van der Waals surface area contributed by atoms with Crippen molar-refractivity contribution in [3.8, 4) is 0 Å². The Hall–Kier alpha value is -0.0700. The normalized spacial score (nSPS) is 10.2. The third kappa shape index (κ3) is 6.06. The molecule has 0 saturated heterocycles. The van der Waals surface area contributed by atoms with Gasteiger partial charge in [-0.25, -0.2) is 0 Å². The monoisotopic (exact) mass is 210 g/mol. The van der Waals surface area contributed by atoms with E-state index in [0.717, 1.165) is 0 Å². The average Bonchev–Trinajstić information content (AvgIpc) is 2.02. The van der Waals surface area contributed by atoms with E-state index in [0.29, 0.717) is 5.69 Å². The van der Waals surface area contributed by atoms with Crippen molar-refractivity contribution in [2.75, 3.05) is 11.2 Å². The first-order valence-electron chi connectivity index (χ1n) is 3.32. The topological polar surface area (TPSA) is 66.4 Å². The molecule has 0 atom stereocenters. The molecular weight excluding hydrogens is 201 g/mol. The van der Waals surface area contributed by atoms with Gasteiger partial charge in [0.25, 0.3) is 10.1 Å². The molecule has 4 nitrogen and oxygen atoms in total. The van der Waals surface area contributed by atoms with Crippen LogP contribution >= 0.6 is 0 Å². The zero-order valence-electron chi connectivity index (χ0n) is 7.27. The summed E-state index contributed by atoms with van der Waals surface area (Å²) < 4.78 is 29.0. The van der Waals surface area contributed by atoms with Crippen molar-refractivity contribution in [1.29, 1.82) is 0 Å². The summed E-state index contributed by atoms with van der Waals surface area (Å²) in [5.74, 6) is -0.461. The number of benzene rings is 1. The molecule has 0 fully saturated rings. The van der Waals surface area contributed by atoms with E-state index >= 15 is 0 Å². The first-order chi connectivity index (χ1) is 5.58. The van der Waals surface area contributed by atoms with Gasteiger partial charge in [-0.2, -0.15) is 8.42 Å². The van der Waals surface area contributed by atoms with E-state index in [4.69, 9.17) is 4.55 Å². The van der Waals surface area contributed by atoms with Crippen molar-refractivity contribution < 1.29 is 42.5 Å². The Morgan fingerprint density at radius 1 is 1.23 bits per heavy atom. The van der Waals surface area contributed by atoms with Gasteiger partial charge < -0.3 is 5.32 Å². The molecule has 66 valence electrons. The smallest absolute Gasteiger partial charge is 0.370 e. The number of hydrogen-bond donors (Lipinski definition) is 2. The van der Waals surface area contributed by atoms with Gasteiger partial charge in [0, 0.05) is 5.69 Å². The van der Waals surface area contributed by atoms with Crippen LogP contribution < -0.4 is 34.9 Å². The fraction of sp³-hybridized carbons (Fsp3) is 0.143. The Kier molecular flexibility index (Phi) is 5.59. The molecule has 0 aliphatic heterocycles. The maximum absolute atomic E-state index is 10.3. The van der Waals surface area contributed by atoms with Crippen LogP contribution in [0.3, 0.4) is 0 Å². The Morgan fingerprint density at radius 3 is 2.23 bits per heavy atom. The predicted octanol–water partition coefficient (Wildman–Crippen LogP) is -2.05. The van der Waals surface area contributed by atoms with Crippen LogP contribution in [0.2, 0.25) is 0 Å². The van der Waals surface area contributed by atoms with Crippen molar-refractivity contribution in [3.63, 3.8) is 0 Å². The second-order valence-electron chi connectivity index (χ2n) is 2.27. The van der Waals surface area contributed by atoms with E-state index < -0.39 is 16.0 Å². The summed E-state index contributed by atoms with van der Waals surface area (Å²) >= 11 is 0. The van der Waals surface area contributed by atoms with Gasteiger partial charge >= 0.3 is 29.6 Å². The van der Waals surface area contributed by atoms with Gasteiger partial charge in [0.05, 0.1) is 0 Å². The van der Waals surface area contributed by atoms with E-state index in [2.05, 4.69) is 5.32 Å². The molecule has 0 spiro atoms. The molecule has 0 aliphatic carbocycles. The second kappa shape index (κ2) is 5.62. The van der Waals surface area contributed by atoms with Crippen LogP contribution in [0.4, 0.5) is 5.69 Å². The molecule has 13 heavy (non-hydrogen) atoms. The van der Waals surface area contributed by atoms with Crippen LogP contribution in [0.15, 0.2) is 30.3 Å². The zero-order chi connectivity index (χ0) is 9.03. The maximum atomic E-state index is 10.3. The largest absolute Gasteiger partial charge is 1.00 e. The van der Waals surface area contributed by atoms with Crippen LogP contribution in [0.5, 0.6) is 0 Å². The molecule has 1 rings (SSSR count). The van der Waals surface area contributed by atoms with E-state index in [-0.39, 0.29) is 29.6 Å². The van der Waals surface area contributed by atoms with Gasteiger partial charge in [0.1, 0.15) is 5.88 Å². The van der Waals surface area contributed by atoms with Crippen LogP contribution in [0.1, 0.15) is 0 Å². The van der Waals surface area contributed by atoms with Gasteiger partial charge in [0.15, 0.2) is 0 Å². The molecule has 0 amide bonds. The fourth-order valence-electron chi connectivity index (χ4n) is 0.731. The standard InChI is InChI=1S/C7H9NO3S.Na/c9-12(10,11)6-8-7-4-2-1-3-5-7;/h1-5,8H,6H2,(H,9,10,11);/q;+1. The number of hydrogen-bond acceptors (Lipinski definition) is 3. The quantitative estimate of drug-likeness (QED) is 0.445. The zero-order valence-corrected chi connectivity index (χ0v) is 10.1. The molecule has 0 aliphatic rings. The van der Waals surface area contributed by atoms with Crippen LogP contribution in [-0.2, 0) is 10.1 Å². The van der Waals surface area contributed by atoms with Crippen molar-refractivity contribution >= 4 is 15.8 Å². The molecule has 0 radical (unpaired) electrons. The van der Waals surface area contributed by atoms with Gasteiger partial charge in [-0.1, -0.05) is 18.2 Å². The fourth-order valence-corrected chi connectivity index (χ4v) is 1.08. The molecule has 1 aromatic rings. The Labute approximate surface area is 99.4 Å². The van der Waals surface area contributed by atoms with Gasteiger partial charge in [0.2, 0.25) is 0 Å². The number of rotatable bonds is 3. The molecule has 0 heterocycles. The minimum atomic E-state index is -3.93. The summed E-state index contributed by atoms with van der Waals surface area (Å²) in [5, 5.41) is 2.55. The van der Waals surface area contributed by atoms with Gasteiger partial charge in [-0.05, 0) is 12.1 Å². The Balaban J connectivity index is 0.00000144. The van der Waals surface area contributed by atoms with Crippen molar-refractivity contribution in [2.45, 2.75) is 0 Å². The number of para-hydroxylation sites is 1. The summed E-state index contributed by atoms with van der Waals surface area (Å²) in [4.78, 5) is 0. The molecule has 0 saturated carbocycles.